The molecule has 0 unspecified atom stereocenters. The number of piperazine rings is 1. The molecule has 166 valence electrons. The molecule has 5 nitrogen and oxygen atoms in total. The molecule has 0 atom stereocenters. The van der Waals surface area contributed by atoms with Gasteiger partial charge in [0.25, 0.3) is 0 Å². The minimum Gasteiger partial charge on any atom is -0.381 e. The largest absolute Gasteiger partial charge is 0.381 e. The summed E-state index contributed by atoms with van der Waals surface area (Å²) < 4.78 is 11.3. The maximum atomic E-state index is 5.89. The summed E-state index contributed by atoms with van der Waals surface area (Å²) in [5.41, 5.74) is 0. The van der Waals surface area contributed by atoms with E-state index in [1.165, 1.54) is 84.2 Å². The van der Waals surface area contributed by atoms with E-state index in [0.717, 1.165) is 25.8 Å². The number of unbranched alkanes of at least 4 members (excludes halogenated alkanes) is 3. The molecule has 0 amide bonds. The van der Waals surface area contributed by atoms with Crippen molar-refractivity contribution in [2.24, 2.45) is 0 Å². The summed E-state index contributed by atoms with van der Waals surface area (Å²) >= 11 is 0. The van der Waals surface area contributed by atoms with E-state index in [1.807, 2.05) is 7.11 Å². The van der Waals surface area contributed by atoms with Crippen LogP contribution in [0.4, 0.5) is 0 Å². The van der Waals surface area contributed by atoms with Crippen molar-refractivity contribution in [1.29, 1.82) is 0 Å². The average molecular weight is 398 g/mol. The molecule has 28 heavy (non-hydrogen) atoms. The van der Waals surface area contributed by atoms with E-state index >= 15 is 0 Å². The molecule has 1 aliphatic heterocycles. The van der Waals surface area contributed by atoms with Gasteiger partial charge in [0.15, 0.2) is 0 Å². The summed E-state index contributed by atoms with van der Waals surface area (Å²) in [5, 5.41) is 0. The first-order valence-electron chi connectivity index (χ1n) is 11.9. The van der Waals surface area contributed by atoms with Gasteiger partial charge in [-0.25, -0.2) is 0 Å². The third-order valence-corrected chi connectivity index (χ3v) is 6.55. The fourth-order valence-electron chi connectivity index (χ4n) is 4.56. The lowest BCUT2D eigenvalue weighted by Gasteiger charge is -2.44. The van der Waals surface area contributed by atoms with Crippen LogP contribution in [0.25, 0.3) is 0 Å². The molecule has 2 fully saturated rings. The van der Waals surface area contributed by atoms with Crippen molar-refractivity contribution >= 4 is 0 Å². The molecule has 1 saturated heterocycles. The number of hydrogen-bond acceptors (Lipinski definition) is 5. The van der Waals surface area contributed by atoms with E-state index < -0.39 is 0 Å². The minimum atomic E-state index is 0.503. The summed E-state index contributed by atoms with van der Waals surface area (Å²) in [4.78, 5) is 7.83. The van der Waals surface area contributed by atoms with Crippen LogP contribution in [0.2, 0.25) is 0 Å². The Bertz CT molecular complexity index is 380. The van der Waals surface area contributed by atoms with E-state index in [2.05, 4.69) is 35.5 Å². The van der Waals surface area contributed by atoms with Gasteiger partial charge in [-0.15, -0.1) is 0 Å². The number of nitrogens with zero attached hydrogens (tertiary/aromatic N) is 3. The highest BCUT2D eigenvalue weighted by Gasteiger charge is 2.34. The molecule has 1 heterocycles. The molecule has 0 aromatic carbocycles. The number of methoxy groups -OCH3 is 1. The summed E-state index contributed by atoms with van der Waals surface area (Å²) in [6.45, 7) is 17.2. The zero-order chi connectivity index (χ0) is 20.2. The van der Waals surface area contributed by atoms with E-state index in [-0.39, 0.29) is 0 Å². The summed E-state index contributed by atoms with van der Waals surface area (Å²) in [6.07, 6.45) is 9.36. The second-order valence-electron chi connectivity index (χ2n) is 9.02. The summed E-state index contributed by atoms with van der Waals surface area (Å²) in [5.74, 6) is 0. The van der Waals surface area contributed by atoms with E-state index in [0.29, 0.717) is 12.1 Å². The van der Waals surface area contributed by atoms with Crippen molar-refractivity contribution in [3.05, 3.63) is 0 Å². The van der Waals surface area contributed by atoms with Crippen LogP contribution in [0.3, 0.4) is 0 Å². The van der Waals surface area contributed by atoms with Crippen molar-refractivity contribution < 1.29 is 9.47 Å². The fourth-order valence-corrected chi connectivity index (χ4v) is 4.56. The maximum absolute atomic E-state index is 5.89. The zero-order valence-corrected chi connectivity index (χ0v) is 19.2. The van der Waals surface area contributed by atoms with Crippen molar-refractivity contribution in [1.82, 2.24) is 14.7 Å². The van der Waals surface area contributed by atoms with Gasteiger partial charge < -0.3 is 14.4 Å². The molecule has 0 spiro atoms. The molecule has 0 bridgehead atoms. The zero-order valence-electron chi connectivity index (χ0n) is 19.2. The van der Waals surface area contributed by atoms with Gasteiger partial charge in [-0.2, -0.15) is 0 Å². The highest BCUT2D eigenvalue weighted by Crippen LogP contribution is 2.29. The monoisotopic (exact) mass is 397 g/mol. The number of hydrogen-bond donors (Lipinski definition) is 0. The van der Waals surface area contributed by atoms with Gasteiger partial charge in [-0.1, -0.05) is 19.8 Å². The number of rotatable bonds is 15. The fraction of sp³-hybridized carbons (Fsp3) is 1.00. The van der Waals surface area contributed by atoms with Crippen molar-refractivity contribution in [2.45, 2.75) is 83.9 Å². The lowest BCUT2D eigenvalue weighted by Crippen LogP contribution is -2.50. The Morgan fingerprint density at radius 1 is 0.893 bits per heavy atom. The van der Waals surface area contributed by atoms with Gasteiger partial charge in [-0.05, 0) is 59.0 Å². The van der Waals surface area contributed by atoms with Gasteiger partial charge in [0.05, 0.1) is 12.7 Å². The molecule has 0 radical (unpaired) electrons. The quantitative estimate of drug-likeness (QED) is 0.395. The predicted molar refractivity (Wildman–Crippen MR) is 118 cm³/mol. The van der Waals surface area contributed by atoms with Gasteiger partial charge in [0.2, 0.25) is 0 Å². The molecule has 2 aliphatic rings. The molecule has 0 aromatic rings. The average Bonchev–Trinajstić information content (AvgIpc) is 2.65. The Labute approximate surface area is 174 Å². The molecule has 1 aliphatic carbocycles. The Morgan fingerprint density at radius 3 is 2.14 bits per heavy atom. The summed E-state index contributed by atoms with van der Waals surface area (Å²) in [6, 6.07) is 1.40. The maximum Gasteiger partial charge on any atom is 0.0601 e. The van der Waals surface area contributed by atoms with Gasteiger partial charge in [-0.3, -0.25) is 9.80 Å². The normalized spacial score (nSPS) is 24.2. The van der Waals surface area contributed by atoms with Crippen molar-refractivity contribution in [2.75, 3.05) is 66.1 Å². The predicted octanol–water partition coefficient (Wildman–Crippen LogP) is 3.48. The molecule has 0 aromatic heterocycles. The van der Waals surface area contributed by atoms with Crippen molar-refractivity contribution in [3.63, 3.8) is 0 Å². The first-order chi connectivity index (χ1) is 13.6. The SMILES string of the molecule is CCCN1CCN(CCOCCCCCCN(C(C)C)C2CC(OC)C2)CC1. The highest BCUT2D eigenvalue weighted by atomic mass is 16.5. The standard InChI is InChI=1S/C23H47N3O2/c1-5-10-24-12-14-25(15-13-24)16-18-28-17-9-7-6-8-11-26(21(2)3)22-19-23(20-22)27-4/h21-23H,5-20H2,1-4H3. The smallest absolute Gasteiger partial charge is 0.0601 e. The van der Waals surface area contributed by atoms with E-state index in [9.17, 15) is 0 Å². The van der Waals surface area contributed by atoms with Crippen LogP contribution in [0.15, 0.2) is 0 Å². The van der Waals surface area contributed by atoms with Crippen LogP contribution in [-0.2, 0) is 9.47 Å². The van der Waals surface area contributed by atoms with Crippen LogP contribution in [0, 0.1) is 0 Å². The second-order valence-corrected chi connectivity index (χ2v) is 9.02. The van der Waals surface area contributed by atoms with Gasteiger partial charge >= 0.3 is 0 Å². The van der Waals surface area contributed by atoms with E-state index in [4.69, 9.17) is 9.47 Å². The Morgan fingerprint density at radius 2 is 1.54 bits per heavy atom. The lowest BCUT2D eigenvalue weighted by molar-refractivity contribution is -0.0370. The van der Waals surface area contributed by atoms with Gasteiger partial charge in [0.1, 0.15) is 0 Å². The Balaban J connectivity index is 1.39. The molecular weight excluding hydrogens is 350 g/mol. The minimum absolute atomic E-state index is 0.503. The van der Waals surface area contributed by atoms with Gasteiger partial charge in [0, 0.05) is 58.5 Å². The topological polar surface area (TPSA) is 28.2 Å². The molecule has 0 N–H and O–H groups in total. The second kappa shape index (κ2) is 13.9. The molecule has 5 heteroatoms. The highest BCUT2D eigenvalue weighted by molar-refractivity contribution is 4.89. The van der Waals surface area contributed by atoms with Crippen LogP contribution in [0.1, 0.15) is 65.7 Å². The van der Waals surface area contributed by atoms with Crippen LogP contribution < -0.4 is 0 Å². The summed E-state index contributed by atoms with van der Waals surface area (Å²) in [7, 11) is 1.84. The first-order valence-corrected chi connectivity index (χ1v) is 11.9. The molecule has 2 rings (SSSR count). The Hall–Kier alpha value is -0.200. The third kappa shape index (κ3) is 8.66. The first kappa shape index (κ1) is 24.1. The number of ether oxygens (including phenoxy) is 2. The Kier molecular flexibility index (Phi) is 12.0. The lowest BCUT2D eigenvalue weighted by atomic mass is 9.87. The van der Waals surface area contributed by atoms with Crippen LogP contribution in [-0.4, -0.2) is 99.0 Å². The van der Waals surface area contributed by atoms with Crippen LogP contribution >= 0.6 is 0 Å². The van der Waals surface area contributed by atoms with Crippen LogP contribution in [0.5, 0.6) is 0 Å². The molecule has 1 saturated carbocycles. The van der Waals surface area contributed by atoms with E-state index in [1.54, 1.807) is 0 Å². The van der Waals surface area contributed by atoms with Crippen molar-refractivity contribution in [3.8, 4) is 0 Å². The third-order valence-electron chi connectivity index (χ3n) is 6.55. The molecular formula is C23H47N3O2.